The van der Waals surface area contributed by atoms with E-state index in [0.717, 1.165) is 48.0 Å². The molecule has 2 aromatic heterocycles. The lowest BCUT2D eigenvalue weighted by molar-refractivity contribution is -0.133. The molecule has 200 valence electrons. The van der Waals surface area contributed by atoms with E-state index in [9.17, 15) is 9.59 Å². The van der Waals surface area contributed by atoms with Gasteiger partial charge in [0.25, 0.3) is 0 Å². The first kappa shape index (κ1) is 25.3. The highest BCUT2D eigenvalue weighted by molar-refractivity contribution is 5.92. The number of carbonyl (C=O) groups is 2. The number of hydrogen-bond acceptors (Lipinski definition) is 4. The van der Waals surface area contributed by atoms with E-state index >= 15 is 0 Å². The highest BCUT2D eigenvalue weighted by Gasteiger charge is 2.36. The number of rotatable bonds is 4. The molecule has 2 aliphatic rings. The second kappa shape index (κ2) is 11.0. The molecule has 1 fully saturated rings. The van der Waals surface area contributed by atoms with Gasteiger partial charge in [-0.05, 0) is 66.1 Å². The Morgan fingerprint density at radius 3 is 2.51 bits per heavy atom. The minimum atomic E-state index is 0.0358. The predicted molar refractivity (Wildman–Crippen MR) is 153 cm³/mol. The predicted octanol–water partition coefficient (Wildman–Crippen LogP) is 4.85. The lowest BCUT2D eigenvalue weighted by Gasteiger charge is -2.34. The summed E-state index contributed by atoms with van der Waals surface area (Å²) in [7, 11) is 0. The van der Waals surface area contributed by atoms with Crippen molar-refractivity contribution in [3.05, 3.63) is 96.4 Å². The third kappa shape index (κ3) is 5.32. The van der Waals surface area contributed by atoms with Crippen molar-refractivity contribution in [2.45, 2.75) is 57.9 Å². The number of anilines is 1. The molecule has 0 saturated carbocycles. The average molecular weight is 522 g/mol. The second-order valence-electron chi connectivity index (χ2n) is 10.8. The lowest BCUT2D eigenvalue weighted by Crippen LogP contribution is -2.45. The van der Waals surface area contributed by atoms with Crippen LogP contribution in [0.4, 0.5) is 5.69 Å². The summed E-state index contributed by atoms with van der Waals surface area (Å²) in [6.07, 6.45) is 8.69. The molecule has 39 heavy (non-hydrogen) atoms. The Hall–Kier alpha value is -3.97. The van der Waals surface area contributed by atoms with Crippen molar-refractivity contribution >= 4 is 28.4 Å². The Morgan fingerprint density at radius 1 is 0.897 bits per heavy atom. The number of fused-ring (bicyclic) bond motifs is 4. The number of aromatic nitrogens is 2. The summed E-state index contributed by atoms with van der Waals surface area (Å²) in [5, 5.41) is 1.13. The van der Waals surface area contributed by atoms with Crippen LogP contribution in [0.15, 0.2) is 85.3 Å². The molecular formula is C32H35N5O2. The monoisotopic (exact) mass is 521 g/mol. The lowest BCUT2D eigenvalue weighted by atomic mass is 10.1. The number of carbonyl (C=O) groups excluding carboxylic acids is 2. The zero-order valence-electron chi connectivity index (χ0n) is 22.4. The molecule has 2 amide bonds. The number of benzene rings is 2. The summed E-state index contributed by atoms with van der Waals surface area (Å²) < 4.78 is 2.04. The van der Waals surface area contributed by atoms with Crippen molar-refractivity contribution in [1.82, 2.24) is 19.4 Å². The quantitative estimate of drug-likeness (QED) is 0.385. The maximum Gasteiger partial charge on any atom is 0.242 e. The Kier molecular flexibility index (Phi) is 7.16. The van der Waals surface area contributed by atoms with E-state index in [1.165, 1.54) is 5.56 Å². The molecule has 2 bridgehead atoms. The number of para-hydroxylation sites is 2. The van der Waals surface area contributed by atoms with E-state index < -0.39 is 0 Å². The van der Waals surface area contributed by atoms with Gasteiger partial charge in [0, 0.05) is 75.0 Å². The minimum absolute atomic E-state index is 0.0358. The van der Waals surface area contributed by atoms with Crippen molar-refractivity contribution in [3.8, 4) is 0 Å². The van der Waals surface area contributed by atoms with E-state index in [1.54, 1.807) is 6.92 Å². The number of pyridine rings is 1. The summed E-state index contributed by atoms with van der Waals surface area (Å²) in [5.41, 5.74) is 4.21. The first-order chi connectivity index (χ1) is 19.1. The largest absolute Gasteiger partial charge is 0.338 e. The maximum absolute atomic E-state index is 14.0. The Labute approximate surface area is 229 Å². The Bertz CT molecular complexity index is 1470. The fourth-order valence-electron chi connectivity index (χ4n) is 6.35. The van der Waals surface area contributed by atoms with Crippen LogP contribution in [0.3, 0.4) is 0 Å². The number of nitrogens with zero attached hydrogens (tertiary/aromatic N) is 5. The smallest absolute Gasteiger partial charge is 0.242 e. The molecule has 1 saturated heterocycles. The third-order valence-electron chi connectivity index (χ3n) is 8.36. The van der Waals surface area contributed by atoms with Crippen LogP contribution in [0.2, 0.25) is 0 Å². The molecule has 2 aromatic carbocycles. The molecule has 6 rings (SSSR count). The van der Waals surface area contributed by atoms with Crippen molar-refractivity contribution in [3.63, 3.8) is 0 Å². The number of amides is 2. The van der Waals surface area contributed by atoms with Crippen molar-refractivity contribution in [2.75, 3.05) is 18.0 Å². The first-order valence-electron chi connectivity index (χ1n) is 13.9. The summed E-state index contributed by atoms with van der Waals surface area (Å²) in [6, 6.07) is 23.0. The van der Waals surface area contributed by atoms with Gasteiger partial charge in [-0.1, -0.05) is 36.4 Å². The third-order valence-corrected chi connectivity index (χ3v) is 8.36. The van der Waals surface area contributed by atoms with Gasteiger partial charge in [-0.15, -0.1) is 0 Å². The van der Waals surface area contributed by atoms with Gasteiger partial charge in [0.1, 0.15) is 6.54 Å². The van der Waals surface area contributed by atoms with Crippen LogP contribution < -0.4 is 4.90 Å². The molecule has 2 atom stereocenters. The van der Waals surface area contributed by atoms with Gasteiger partial charge < -0.3 is 14.4 Å². The summed E-state index contributed by atoms with van der Waals surface area (Å²) in [5.74, 6) is 0.126. The first-order valence-corrected chi connectivity index (χ1v) is 13.9. The molecular weight excluding hydrogens is 486 g/mol. The topological polar surface area (TPSA) is 61.7 Å². The highest BCUT2D eigenvalue weighted by Crippen LogP contribution is 2.32. The van der Waals surface area contributed by atoms with Crippen LogP contribution in [0.25, 0.3) is 10.9 Å². The van der Waals surface area contributed by atoms with E-state index in [1.807, 2.05) is 63.3 Å². The summed E-state index contributed by atoms with van der Waals surface area (Å²) in [6.45, 7) is 4.54. The molecule has 0 N–H and O–H groups in total. The van der Waals surface area contributed by atoms with Crippen molar-refractivity contribution in [2.24, 2.45) is 0 Å². The normalized spacial score (nSPS) is 20.0. The fourth-order valence-corrected chi connectivity index (χ4v) is 6.35. The SMILES string of the molecule is CC(=O)N1CCC2CCC(CN(C(=O)Cn3ccc4ccccc43)Cc3ccccc31)N2Cc1ccncc1. The standard InChI is InChI=1S/C32H35N5O2/c1-24(38)36-19-15-28-10-11-29(37(28)20-25-12-16-33-17-13-25)22-35(21-27-7-3-5-9-31(27)36)32(39)23-34-18-14-26-6-2-4-8-30(26)34/h2-9,12-14,16-18,28-29H,10-11,15,19-23H2,1H3. The zero-order valence-corrected chi connectivity index (χ0v) is 22.4. The molecule has 0 radical (unpaired) electrons. The van der Waals surface area contributed by atoms with E-state index in [-0.39, 0.29) is 24.4 Å². The van der Waals surface area contributed by atoms with Crippen LogP contribution in [-0.4, -0.2) is 56.3 Å². The van der Waals surface area contributed by atoms with Crippen LogP contribution >= 0.6 is 0 Å². The molecule has 2 aliphatic heterocycles. The van der Waals surface area contributed by atoms with E-state index in [4.69, 9.17) is 0 Å². The second-order valence-corrected chi connectivity index (χ2v) is 10.8. The minimum Gasteiger partial charge on any atom is -0.338 e. The highest BCUT2D eigenvalue weighted by atomic mass is 16.2. The van der Waals surface area contributed by atoms with Gasteiger partial charge in [-0.2, -0.15) is 0 Å². The van der Waals surface area contributed by atoms with Crippen molar-refractivity contribution in [1.29, 1.82) is 0 Å². The van der Waals surface area contributed by atoms with Crippen LogP contribution in [0.1, 0.15) is 37.3 Å². The Morgan fingerprint density at radius 2 is 1.67 bits per heavy atom. The molecule has 7 nitrogen and oxygen atoms in total. The van der Waals surface area contributed by atoms with Gasteiger partial charge in [0.15, 0.2) is 0 Å². The molecule has 0 aliphatic carbocycles. The summed E-state index contributed by atoms with van der Waals surface area (Å²) in [4.78, 5) is 37.6. The molecule has 4 aromatic rings. The fraction of sp³-hybridized carbons (Fsp3) is 0.344. The van der Waals surface area contributed by atoms with Gasteiger partial charge in [0.05, 0.1) is 0 Å². The Balaban J connectivity index is 1.35. The summed E-state index contributed by atoms with van der Waals surface area (Å²) >= 11 is 0. The van der Waals surface area contributed by atoms with Crippen molar-refractivity contribution < 1.29 is 9.59 Å². The maximum atomic E-state index is 14.0. The molecule has 2 unspecified atom stereocenters. The zero-order chi connectivity index (χ0) is 26.8. The van der Waals surface area contributed by atoms with E-state index in [2.05, 4.69) is 46.3 Å². The average Bonchev–Trinajstić information content (AvgIpc) is 3.52. The van der Waals surface area contributed by atoms with Gasteiger partial charge in [-0.3, -0.25) is 19.5 Å². The van der Waals surface area contributed by atoms with Gasteiger partial charge in [-0.25, -0.2) is 0 Å². The van der Waals surface area contributed by atoms with Crippen LogP contribution in [-0.2, 0) is 29.2 Å². The van der Waals surface area contributed by atoms with Gasteiger partial charge in [0.2, 0.25) is 11.8 Å². The molecule has 4 heterocycles. The molecule has 0 spiro atoms. The van der Waals surface area contributed by atoms with Crippen LogP contribution in [0, 0.1) is 0 Å². The van der Waals surface area contributed by atoms with E-state index in [0.29, 0.717) is 25.7 Å². The number of hydrogen-bond donors (Lipinski definition) is 0. The molecule has 7 heteroatoms. The van der Waals surface area contributed by atoms with Gasteiger partial charge >= 0.3 is 0 Å². The van der Waals surface area contributed by atoms with Crippen LogP contribution in [0.5, 0.6) is 0 Å².